The molecular weight excluding hydrogens is 270 g/mol. The van der Waals surface area contributed by atoms with E-state index in [1.54, 1.807) is 18.2 Å². The third-order valence-corrected chi connectivity index (χ3v) is 2.79. The van der Waals surface area contributed by atoms with Gasteiger partial charge in [0.1, 0.15) is 0 Å². The minimum atomic E-state index is -0.0810. The van der Waals surface area contributed by atoms with Gasteiger partial charge in [-0.3, -0.25) is 4.79 Å². The summed E-state index contributed by atoms with van der Waals surface area (Å²) < 4.78 is 0.743. The molecule has 0 bridgehead atoms. The first-order valence-electron chi connectivity index (χ1n) is 4.98. The van der Waals surface area contributed by atoms with E-state index >= 15 is 0 Å². The third-order valence-electron chi connectivity index (χ3n) is 2.11. The lowest BCUT2D eigenvalue weighted by Gasteiger charge is -2.10. The van der Waals surface area contributed by atoms with E-state index in [1.165, 1.54) is 0 Å². The van der Waals surface area contributed by atoms with Gasteiger partial charge in [0.2, 0.25) is 0 Å². The monoisotopic (exact) mass is 285 g/mol. The molecule has 4 nitrogen and oxygen atoms in total. The van der Waals surface area contributed by atoms with E-state index in [-0.39, 0.29) is 5.91 Å². The van der Waals surface area contributed by atoms with Gasteiger partial charge in [-0.05, 0) is 48.2 Å². The van der Waals surface area contributed by atoms with Gasteiger partial charge in [-0.15, -0.1) is 0 Å². The summed E-state index contributed by atoms with van der Waals surface area (Å²) in [6, 6.07) is 5.15. The van der Waals surface area contributed by atoms with Crippen LogP contribution >= 0.6 is 15.9 Å². The molecule has 0 fully saturated rings. The predicted molar refractivity (Wildman–Crippen MR) is 69.4 cm³/mol. The second kappa shape index (κ2) is 5.86. The minimum absolute atomic E-state index is 0.0810. The van der Waals surface area contributed by atoms with Crippen LogP contribution in [0, 0.1) is 0 Å². The number of benzene rings is 1. The minimum Gasteiger partial charge on any atom is -0.398 e. The van der Waals surface area contributed by atoms with Crippen molar-refractivity contribution < 1.29 is 4.79 Å². The summed E-state index contributed by atoms with van der Waals surface area (Å²) in [6.45, 7) is 1.45. The van der Waals surface area contributed by atoms with Crippen LogP contribution in [-0.2, 0) is 0 Å². The fourth-order valence-corrected chi connectivity index (χ4v) is 1.54. The summed E-state index contributed by atoms with van der Waals surface area (Å²) >= 11 is 3.29. The van der Waals surface area contributed by atoms with Crippen molar-refractivity contribution in [3.8, 4) is 0 Å². The molecule has 1 rings (SSSR count). The lowest BCUT2D eigenvalue weighted by molar-refractivity contribution is 0.0951. The highest BCUT2D eigenvalue weighted by Crippen LogP contribution is 2.20. The van der Waals surface area contributed by atoms with E-state index in [0.717, 1.165) is 11.0 Å². The molecule has 1 aromatic rings. The highest BCUT2D eigenvalue weighted by molar-refractivity contribution is 9.10. The summed E-state index contributed by atoms with van der Waals surface area (Å²) in [5.74, 6) is -0.0810. The number of amides is 1. The normalized spacial score (nSPS) is 10.5. The molecule has 0 spiro atoms. The predicted octanol–water partition coefficient (Wildman–Crippen LogP) is 1.32. The number of hydrogen-bond donors (Lipinski definition) is 2. The van der Waals surface area contributed by atoms with Crippen LogP contribution < -0.4 is 11.1 Å². The van der Waals surface area contributed by atoms with Gasteiger partial charge >= 0.3 is 0 Å². The number of anilines is 1. The highest BCUT2D eigenvalue weighted by Gasteiger charge is 2.06. The maximum atomic E-state index is 11.7. The Labute approximate surface area is 104 Å². The molecule has 0 aliphatic heterocycles. The largest absolute Gasteiger partial charge is 0.398 e. The molecule has 1 amide bonds. The number of halogens is 1. The fraction of sp³-hybridized carbons (Fsp3) is 0.364. The third kappa shape index (κ3) is 3.83. The van der Waals surface area contributed by atoms with Crippen LogP contribution in [0.4, 0.5) is 5.69 Å². The lowest BCUT2D eigenvalue weighted by Crippen LogP contribution is -2.31. The number of rotatable bonds is 4. The summed E-state index contributed by atoms with van der Waals surface area (Å²) in [4.78, 5) is 13.7. The van der Waals surface area contributed by atoms with Gasteiger partial charge in [-0.25, -0.2) is 0 Å². The molecule has 0 saturated carbocycles. The standard InChI is InChI=1S/C11H16BrN3O/c1-15(2)6-5-14-11(16)8-3-4-10(13)9(12)7-8/h3-4,7H,5-6,13H2,1-2H3,(H,14,16). The molecule has 0 unspecified atom stereocenters. The molecule has 88 valence electrons. The Balaban J connectivity index is 2.56. The maximum absolute atomic E-state index is 11.7. The van der Waals surface area contributed by atoms with Gasteiger partial charge in [0.25, 0.3) is 5.91 Å². The van der Waals surface area contributed by atoms with E-state index in [4.69, 9.17) is 5.73 Å². The van der Waals surface area contributed by atoms with Crippen LogP contribution in [0.1, 0.15) is 10.4 Å². The van der Waals surface area contributed by atoms with Crippen LogP contribution in [0.5, 0.6) is 0 Å². The second-order valence-electron chi connectivity index (χ2n) is 3.80. The number of likely N-dealkylation sites (N-methyl/N-ethyl adjacent to an activating group) is 1. The molecule has 1 aromatic carbocycles. The van der Waals surface area contributed by atoms with Crippen molar-refractivity contribution in [1.82, 2.24) is 10.2 Å². The quantitative estimate of drug-likeness (QED) is 0.821. The number of carbonyl (C=O) groups is 1. The van der Waals surface area contributed by atoms with Crippen LogP contribution in [-0.4, -0.2) is 38.0 Å². The van der Waals surface area contributed by atoms with Gasteiger partial charge in [-0.2, -0.15) is 0 Å². The van der Waals surface area contributed by atoms with Gasteiger partial charge < -0.3 is 16.0 Å². The average Bonchev–Trinajstić information content (AvgIpc) is 2.21. The zero-order chi connectivity index (χ0) is 12.1. The Morgan fingerprint density at radius 3 is 2.75 bits per heavy atom. The maximum Gasteiger partial charge on any atom is 0.251 e. The van der Waals surface area contributed by atoms with Crippen LogP contribution in [0.3, 0.4) is 0 Å². The number of nitrogen functional groups attached to an aromatic ring is 1. The lowest BCUT2D eigenvalue weighted by atomic mass is 10.2. The van der Waals surface area contributed by atoms with Crippen molar-refractivity contribution in [3.05, 3.63) is 28.2 Å². The summed E-state index contributed by atoms with van der Waals surface area (Å²) in [5, 5.41) is 2.83. The van der Waals surface area contributed by atoms with Crippen LogP contribution in [0.2, 0.25) is 0 Å². The number of carbonyl (C=O) groups excluding carboxylic acids is 1. The van der Waals surface area contributed by atoms with Crippen molar-refractivity contribution in [1.29, 1.82) is 0 Å². The highest BCUT2D eigenvalue weighted by atomic mass is 79.9. The van der Waals surface area contributed by atoms with E-state index in [2.05, 4.69) is 21.2 Å². The number of nitrogens with zero attached hydrogens (tertiary/aromatic N) is 1. The fourth-order valence-electron chi connectivity index (χ4n) is 1.16. The van der Waals surface area contributed by atoms with Gasteiger partial charge in [-0.1, -0.05) is 0 Å². The Hall–Kier alpha value is -1.07. The van der Waals surface area contributed by atoms with Crippen molar-refractivity contribution in [2.24, 2.45) is 0 Å². The van der Waals surface area contributed by atoms with Crippen molar-refractivity contribution in [2.45, 2.75) is 0 Å². The zero-order valence-electron chi connectivity index (χ0n) is 9.46. The molecule has 0 heterocycles. The van der Waals surface area contributed by atoms with E-state index in [0.29, 0.717) is 17.8 Å². The zero-order valence-corrected chi connectivity index (χ0v) is 11.0. The Bertz CT molecular complexity index is 379. The van der Waals surface area contributed by atoms with Crippen molar-refractivity contribution >= 4 is 27.5 Å². The molecule has 0 aliphatic carbocycles. The van der Waals surface area contributed by atoms with Gasteiger partial charge in [0, 0.05) is 28.8 Å². The van der Waals surface area contributed by atoms with E-state index in [1.807, 2.05) is 19.0 Å². The molecule has 0 radical (unpaired) electrons. The van der Waals surface area contributed by atoms with E-state index < -0.39 is 0 Å². The first kappa shape index (κ1) is 13.0. The Morgan fingerprint density at radius 1 is 1.50 bits per heavy atom. The summed E-state index contributed by atoms with van der Waals surface area (Å²) in [5.41, 5.74) is 6.88. The Morgan fingerprint density at radius 2 is 2.19 bits per heavy atom. The van der Waals surface area contributed by atoms with Crippen molar-refractivity contribution in [3.63, 3.8) is 0 Å². The Kier molecular flexibility index (Phi) is 4.76. The molecule has 16 heavy (non-hydrogen) atoms. The summed E-state index contributed by atoms with van der Waals surface area (Å²) in [7, 11) is 3.93. The van der Waals surface area contributed by atoms with Crippen LogP contribution in [0.25, 0.3) is 0 Å². The average molecular weight is 286 g/mol. The molecule has 5 heteroatoms. The molecule has 3 N–H and O–H groups in total. The molecule has 0 saturated heterocycles. The topological polar surface area (TPSA) is 58.4 Å². The van der Waals surface area contributed by atoms with Gasteiger partial charge in [0.15, 0.2) is 0 Å². The molecular formula is C11H16BrN3O. The summed E-state index contributed by atoms with van der Waals surface area (Å²) in [6.07, 6.45) is 0. The first-order chi connectivity index (χ1) is 7.50. The number of nitrogens with one attached hydrogen (secondary N) is 1. The number of hydrogen-bond acceptors (Lipinski definition) is 3. The SMILES string of the molecule is CN(C)CCNC(=O)c1ccc(N)c(Br)c1. The number of nitrogens with two attached hydrogens (primary N) is 1. The first-order valence-corrected chi connectivity index (χ1v) is 5.78. The molecule has 0 aliphatic rings. The second-order valence-corrected chi connectivity index (χ2v) is 4.65. The molecule has 0 atom stereocenters. The van der Waals surface area contributed by atoms with Gasteiger partial charge in [0.05, 0.1) is 0 Å². The van der Waals surface area contributed by atoms with Crippen molar-refractivity contribution in [2.75, 3.05) is 32.9 Å². The van der Waals surface area contributed by atoms with Crippen LogP contribution in [0.15, 0.2) is 22.7 Å². The van der Waals surface area contributed by atoms with E-state index in [9.17, 15) is 4.79 Å². The molecule has 0 aromatic heterocycles. The smallest absolute Gasteiger partial charge is 0.251 e.